The molecule has 14 fully saturated rings. The lowest BCUT2D eigenvalue weighted by Gasteiger charge is -2.55. The van der Waals surface area contributed by atoms with Crippen molar-refractivity contribution in [1.29, 1.82) is 0 Å². The van der Waals surface area contributed by atoms with Crippen molar-refractivity contribution in [2.45, 2.75) is 336 Å². The highest BCUT2D eigenvalue weighted by molar-refractivity contribution is 5.15. The van der Waals surface area contributed by atoms with Crippen molar-refractivity contribution in [1.82, 2.24) is 9.80 Å². The van der Waals surface area contributed by atoms with Crippen molar-refractivity contribution < 1.29 is 0 Å². The third-order valence-electron chi connectivity index (χ3n) is 32.2. The Balaban J connectivity index is 0.748. The summed E-state index contributed by atoms with van der Waals surface area (Å²) in [6, 6.07) is 5.16. The van der Waals surface area contributed by atoms with Crippen molar-refractivity contribution in [2.75, 3.05) is 0 Å². The third-order valence-corrected chi connectivity index (χ3v) is 32.2. The summed E-state index contributed by atoms with van der Waals surface area (Å²) in [5, 5.41) is 0. The Labute approximate surface area is 471 Å². The molecule has 0 spiro atoms. The molecule has 0 aromatic carbocycles. The third kappa shape index (κ3) is 8.59. The standard InChI is InChI=1S/C74H124N2/c1-9-74(10-2)69-45-53(75(49-30-28-48(29-31-49)47-20-12-11-13-21-47)50-32-37-58-55-22-14-17-25-63(55)71(3,4)66(58)42-50)35-40-61(69)62-41-36-54(46-70(62)74)76(51-33-38-59-56-23-15-18-26-64(56)72(5,6)67(59)43-51)52-34-39-60-57-24-16-19-27-65(57)73(7,8)68(60)44-52/h47-70H,9-46H2,1-8H3. The average Bonchev–Trinajstić information content (AvgIpc) is 4.15. The van der Waals surface area contributed by atoms with Crippen LogP contribution in [0.2, 0.25) is 0 Å². The van der Waals surface area contributed by atoms with Gasteiger partial charge in [-0.25, -0.2) is 0 Å². The van der Waals surface area contributed by atoms with Crippen molar-refractivity contribution in [3.05, 3.63) is 0 Å². The summed E-state index contributed by atoms with van der Waals surface area (Å²) < 4.78 is 0. The smallest absolute Gasteiger partial charge is 0.0104 e. The zero-order valence-corrected chi connectivity index (χ0v) is 51.6. The van der Waals surface area contributed by atoms with Crippen molar-refractivity contribution in [3.8, 4) is 0 Å². The van der Waals surface area contributed by atoms with Crippen LogP contribution in [0.1, 0.15) is 299 Å². The van der Waals surface area contributed by atoms with Crippen LogP contribution in [0.4, 0.5) is 0 Å². The van der Waals surface area contributed by atoms with Crippen LogP contribution in [-0.4, -0.2) is 46.1 Å². The van der Waals surface area contributed by atoms with E-state index in [2.05, 4.69) is 65.2 Å². The molecular formula is C74H124N2. The van der Waals surface area contributed by atoms with E-state index >= 15 is 0 Å². The molecule has 0 heterocycles. The molecule has 0 aromatic rings. The summed E-state index contributed by atoms with van der Waals surface area (Å²) in [5.41, 5.74) is 2.20. The Morgan fingerprint density at radius 1 is 0.250 bits per heavy atom. The van der Waals surface area contributed by atoms with Crippen molar-refractivity contribution >= 4 is 0 Å². The summed E-state index contributed by atoms with van der Waals surface area (Å²) in [5.74, 6) is 18.3. The largest absolute Gasteiger partial charge is 0.294 e. The number of fused-ring (bicyclic) bond motifs is 12. The molecule has 14 aliphatic rings. The second-order valence-electron chi connectivity index (χ2n) is 34.6. The second kappa shape index (κ2) is 20.9. The number of nitrogens with zero attached hydrogens (tertiary/aromatic N) is 2. The maximum absolute atomic E-state index is 3.56. The first-order valence-electron chi connectivity index (χ1n) is 36.4. The van der Waals surface area contributed by atoms with E-state index in [1.807, 2.05) is 0 Å². The van der Waals surface area contributed by atoms with E-state index < -0.39 is 0 Å². The molecule has 0 bridgehead atoms. The highest BCUT2D eigenvalue weighted by atomic mass is 15.2. The fourth-order valence-electron chi connectivity index (χ4n) is 29.1. The second-order valence-corrected chi connectivity index (χ2v) is 34.6. The Kier molecular flexibility index (Phi) is 14.8. The van der Waals surface area contributed by atoms with Gasteiger partial charge in [-0.2, -0.15) is 0 Å². The van der Waals surface area contributed by atoms with Crippen molar-refractivity contribution in [2.24, 2.45) is 128 Å². The monoisotopic (exact) mass is 1040 g/mol. The van der Waals surface area contributed by atoms with Gasteiger partial charge < -0.3 is 0 Å². The van der Waals surface area contributed by atoms with Crippen LogP contribution in [0, 0.1) is 128 Å². The van der Waals surface area contributed by atoms with Crippen molar-refractivity contribution in [3.63, 3.8) is 0 Å². The minimum absolute atomic E-state index is 0.545. The molecular weight excluding hydrogens is 917 g/mol. The van der Waals surface area contributed by atoms with Crippen LogP contribution in [0.15, 0.2) is 0 Å². The van der Waals surface area contributed by atoms with Crippen LogP contribution in [-0.2, 0) is 0 Å². The van der Waals surface area contributed by atoms with Crippen LogP contribution in [0.25, 0.3) is 0 Å². The molecule has 0 saturated heterocycles. The predicted octanol–water partition coefficient (Wildman–Crippen LogP) is 20.0. The van der Waals surface area contributed by atoms with Gasteiger partial charge >= 0.3 is 0 Å². The van der Waals surface area contributed by atoms with Gasteiger partial charge in [0.25, 0.3) is 0 Å². The average molecular weight is 1040 g/mol. The zero-order chi connectivity index (χ0) is 51.9. The molecule has 2 nitrogen and oxygen atoms in total. The minimum Gasteiger partial charge on any atom is -0.294 e. The normalized spacial score (nSPS) is 51.2. The maximum atomic E-state index is 3.56. The van der Waals surface area contributed by atoms with Gasteiger partial charge in [-0.15, -0.1) is 0 Å². The van der Waals surface area contributed by atoms with Gasteiger partial charge in [-0.05, 0) is 302 Å². The lowest BCUT2D eigenvalue weighted by Crippen LogP contribution is -2.56. The first-order valence-corrected chi connectivity index (χ1v) is 36.4. The van der Waals surface area contributed by atoms with Gasteiger partial charge in [0.1, 0.15) is 0 Å². The lowest BCUT2D eigenvalue weighted by molar-refractivity contribution is -0.0551. The molecule has 14 aliphatic carbocycles. The number of hydrogen-bond acceptors (Lipinski definition) is 2. The van der Waals surface area contributed by atoms with Gasteiger partial charge in [-0.1, -0.05) is 126 Å². The summed E-state index contributed by atoms with van der Waals surface area (Å²) in [7, 11) is 0. The molecule has 0 aliphatic heterocycles. The summed E-state index contributed by atoms with van der Waals surface area (Å²) >= 11 is 0. The molecule has 0 radical (unpaired) electrons. The van der Waals surface area contributed by atoms with Crippen LogP contribution in [0.3, 0.4) is 0 Å². The number of hydrogen-bond donors (Lipinski definition) is 0. The van der Waals surface area contributed by atoms with Gasteiger partial charge in [0.05, 0.1) is 0 Å². The summed E-state index contributed by atoms with van der Waals surface area (Å²) in [4.78, 5) is 7.07. The fourth-order valence-corrected chi connectivity index (χ4v) is 29.1. The molecule has 430 valence electrons. The first kappa shape index (κ1) is 53.9. The van der Waals surface area contributed by atoms with E-state index in [-0.39, 0.29) is 0 Å². The van der Waals surface area contributed by atoms with Gasteiger partial charge in [0.2, 0.25) is 0 Å². The first-order chi connectivity index (χ1) is 36.8. The van der Waals surface area contributed by atoms with Crippen LogP contribution in [0.5, 0.6) is 0 Å². The fraction of sp³-hybridized carbons (Fsp3) is 1.00. The molecule has 0 amide bonds. The van der Waals surface area contributed by atoms with E-state index in [9.17, 15) is 0 Å². The summed E-state index contributed by atoms with van der Waals surface area (Å²) in [6.45, 7) is 22.4. The van der Waals surface area contributed by atoms with E-state index in [1.165, 1.54) is 70.6 Å². The number of rotatable bonds is 9. The topological polar surface area (TPSA) is 6.48 Å². The van der Waals surface area contributed by atoms with Gasteiger partial charge in [0, 0.05) is 36.3 Å². The van der Waals surface area contributed by atoms with E-state index in [4.69, 9.17) is 0 Å². The Hall–Kier alpha value is -0.0800. The van der Waals surface area contributed by atoms with E-state index in [0.717, 1.165) is 143 Å². The van der Waals surface area contributed by atoms with Gasteiger partial charge in [-0.3, -0.25) is 9.80 Å². The molecule has 21 unspecified atom stereocenters. The SMILES string of the molecule is CCC1(CC)C2CC(N(C3CCC(C4CCCCC4)CC3)C3CCC4C5CCCCC5C(C)(C)C4C3)CCC2C2CCC(N(C3CCC4C5CCCCC5C(C)(C)C4C3)C3CCC4C5CCCCC5C(C)(C)C4C3)CC21. The van der Waals surface area contributed by atoms with E-state index in [0.29, 0.717) is 21.7 Å². The highest BCUT2D eigenvalue weighted by Crippen LogP contribution is 2.70. The summed E-state index contributed by atoms with van der Waals surface area (Å²) in [6.07, 6.45) is 58.8. The Morgan fingerprint density at radius 3 is 0.868 bits per heavy atom. The molecule has 0 aromatic heterocycles. The minimum atomic E-state index is 0.545. The van der Waals surface area contributed by atoms with E-state index in [1.54, 1.807) is 173 Å². The van der Waals surface area contributed by atoms with Gasteiger partial charge in [0.15, 0.2) is 0 Å². The molecule has 2 heteroatoms. The predicted molar refractivity (Wildman–Crippen MR) is 320 cm³/mol. The quantitative estimate of drug-likeness (QED) is 0.227. The Morgan fingerprint density at radius 2 is 0.513 bits per heavy atom. The molecule has 21 atom stereocenters. The molecule has 14 rings (SSSR count). The molecule has 0 N–H and O–H groups in total. The zero-order valence-electron chi connectivity index (χ0n) is 51.6. The molecule has 76 heavy (non-hydrogen) atoms. The Bertz CT molecular complexity index is 1920. The molecule has 14 saturated carbocycles. The van der Waals surface area contributed by atoms with Crippen LogP contribution >= 0.6 is 0 Å². The lowest BCUT2D eigenvalue weighted by atomic mass is 9.60. The van der Waals surface area contributed by atoms with Crippen LogP contribution < -0.4 is 0 Å². The highest BCUT2D eigenvalue weighted by Gasteiger charge is 2.65. The maximum Gasteiger partial charge on any atom is 0.0104 e.